The van der Waals surface area contributed by atoms with Crippen molar-refractivity contribution in [2.75, 3.05) is 6.54 Å². The van der Waals surface area contributed by atoms with Crippen molar-refractivity contribution in [2.24, 2.45) is 0 Å². The third-order valence-corrected chi connectivity index (χ3v) is 2.79. The number of rotatable bonds is 6. The van der Waals surface area contributed by atoms with Gasteiger partial charge >= 0.3 is 0 Å². The second kappa shape index (κ2) is 6.68. The highest BCUT2D eigenvalue weighted by Gasteiger charge is 2.13. The Morgan fingerprint density at radius 3 is 2.88 bits per heavy atom. The van der Waals surface area contributed by atoms with Crippen molar-refractivity contribution in [1.29, 1.82) is 0 Å². The van der Waals surface area contributed by atoms with Crippen LogP contribution < -0.4 is 5.32 Å². The maximum absolute atomic E-state index is 10.8. The number of benzene rings is 1. The van der Waals surface area contributed by atoms with Crippen molar-refractivity contribution in [3.63, 3.8) is 0 Å². The van der Waals surface area contributed by atoms with Gasteiger partial charge in [0.25, 0.3) is 5.69 Å². The smallest absolute Gasteiger partial charge is 0.275 e. The second-order valence-electron chi connectivity index (χ2n) is 3.84. The first kappa shape index (κ1) is 14.1. The van der Waals surface area contributed by atoms with Gasteiger partial charge < -0.3 is 10.4 Å². The Morgan fingerprint density at radius 1 is 1.59 bits per heavy atom. The zero-order chi connectivity index (χ0) is 12.8. The predicted molar refractivity (Wildman–Crippen MR) is 68.8 cm³/mol. The molecule has 1 aromatic carbocycles. The molecule has 1 unspecified atom stereocenters. The van der Waals surface area contributed by atoms with Crippen molar-refractivity contribution in [3.8, 4) is 0 Å². The third kappa shape index (κ3) is 4.80. The Labute approximate surface area is 108 Å². The fourth-order valence-electron chi connectivity index (χ4n) is 1.39. The van der Waals surface area contributed by atoms with Crippen LogP contribution in [-0.2, 0) is 6.54 Å². The normalized spacial score (nSPS) is 12.4. The van der Waals surface area contributed by atoms with Crippen LogP contribution in [0, 0.1) is 10.1 Å². The molecule has 5 nitrogen and oxygen atoms in total. The summed E-state index contributed by atoms with van der Waals surface area (Å²) in [6, 6.07) is 4.99. The number of aliphatic hydroxyl groups is 1. The maximum atomic E-state index is 10.8. The summed E-state index contributed by atoms with van der Waals surface area (Å²) in [7, 11) is 0. The summed E-state index contributed by atoms with van der Waals surface area (Å²) in [6.07, 6.45) is 0.270. The highest BCUT2D eigenvalue weighted by molar-refractivity contribution is 9.10. The molecule has 0 bridgehead atoms. The molecular formula is C11H15BrN2O3. The summed E-state index contributed by atoms with van der Waals surface area (Å²) in [5.41, 5.74) is 0.743. The molecule has 1 rings (SSSR count). The van der Waals surface area contributed by atoms with E-state index in [1.807, 2.05) is 0 Å². The molecule has 0 spiro atoms. The number of nitrogens with one attached hydrogen (secondary N) is 1. The molecule has 0 amide bonds. The van der Waals surface area contributed by atoms with E-state index in [1.165, 1.54) is 6.07 Å². The predicted octanol–water partition coefficient (Wildman–Crippen LogP) is 2.22. The molecule has 0 aliphatic heterocycles. The Kier molecular flexibility index (Phi) is 5.54. The number of halogens is 1. The molecule has 1 atom stereocenters. The van der Waals surface area contributed by atoms with Crippen LogP contribution in [0.2, 0.25) is 0 Å². The molecule has 17 heavy (non-hydrogen) atoms. The van der Waals surface area contributed by atoms with Gasteiger partial charge in [-0.05, 0) is 32.0 Å². The van der Waals surface area contributed by atoms with Crippen LogP contribution in [0.3, 0.4) is 0 Å². The van der Waals surface area contributed by atoms with E-state index in [9.17, 15) is 10.1 Å². The zero-order valence-electron chi connectivity index (χ0n) is 9.52. The summed E-state index contributed by atoms with van der Waals surface area (Å²) in [4.78, 5) is 10.4. The minimum absolute atomic E-state index is 0.101. The Bertz CT molecular complexity index is 396. The van der Waals surface area contributed by atoms with Gasteiger partial charge in [-0.2, -0.15) is 0 Å². The molecule has 0 aliphatic carbocycles. The third-order valence-electron chi connectivity index (χ3n) is 2.30. The number of nitrogens with zero attached hydrogens (tertiary/aromatic N) is 1. The van der Waals surface area contributed by atoms with E-state index in [4.69, 9.17) is 5.11 Å². The fourth-order valence-corrected chi connectivity index (χ4v) is 1.74. The summed E-state index contributed by atoms with van der Waals surface area (Å²) in [5, 5.41) is 23.0. The quantitative estimate of drug-likeness (QED) is 0.480. The summed E-state index contributed by atoms with van der Waals surface area (Å²) < 4.78 is 0.692. The molecule has 0 heterocycles. The summed E-state index contributed by atoms with van der Waals surface area (Å²) >= 11 is 3.21. The average Bonchev–Trinajstić information content (AvgIpc) is 2.25. The van der Waals surface area contributed by atoms with E-state index in [1.54, 1.807) is 19.1 Å². The SMILES string of the molecule is CC(O)CCNCc1ccc(Br)cc1[N+](=O)[O-]. The van der Waals surface area contributed by atoms with Gasteiger partial charge in [-0.1, -0.05) is 15.9 Å². The first-order valence-electron chi connectivity index (χ1n) is 5.32. The van der Waals surface area contributed by atoms with Crippen LogP contribution >= 0.6 is 15.9 Å². The van der Waals surface area contributed by atoms with Crippen molar-refractivity contribution in [2.45, 2.75) is 26.0 Å². The van der Waals surface area contributed by atoms with Crippen molar-refractivity contribution < 1.29 is 10.0 Å². The lowest BCUT2D eigenvalue weighted by Gasteiger charge is -2.07. The van der Waals surface area contributed by atoms with Gasteiger partial charge in [-0.3, -0.25) is 10.1 Å². The van der Waals surface area contributed by atoms with Crippen LogP contribution in [0.5, 0.6) is 0 Å². The Morgan fingerprint density at radius 2 is 2.29 bits per heavy atom. The monoisotopic (exact) mass is 302 g/mol. The molecule has 2 N–H and O–H groups in total. The number of nitro benzene ring substituents is 1. The number of aliphatic hydroxyl groups excluding tert-OH is 1. The van der Waals surface area contributed by atoms with E-state index < -0.39 is 4.92 Å². The maximum Gasteiger partial charge on any atom is 0.275 e. The Balaban J connectivity index is 2.61. The molecule has 0 radical (unpaired) electrons. The van der Waals surface area contributed by atoms with E-state index in [0.717, 1.165) is 0 Å². The van der Waals surface area contributed by atoms with Crippen molar-refractivity contribution in [1.82, 2.24) is 5.32 Å². The molecule has 0 aliphatic rings. The van der Waals surface area contributed by atoms with Gasteiger partial charge in [0.05, 0.1) is 11.0 Å². The molecule has 0 saturated carbocycles. The van der Waals surface area contributed by atoms with Crippen LogP contribution in [0.15, 0.2) is 22.7 Å². The number of hydrogen-bond donors (Lipinski definition) is 2. The van der Waals surface area contributed by atoms with E-state index in [0.29, 0.717) is 29.5 Å². The standard InChI is InChI=1S/C11H15BrN2O3/c1-8(15)4-5-13-7-9-2-3-10(12)6-11(9)14(16)17/h2-3,6,8,13,15H,4-5,7H2,1H3. The molecule has 1 aromatic rings. The minimum Gasteiger partial charge on any atom is -0.393 e. The largest absolute Gasteiger partial charge is 0.393 e. The van der Waals surface area contributed by atoms with Crippen LogP contribution in [0.1, 0.15) is 18.9 Å². The van der Waals surface area contributed by atoms with E-state index in [-0.39, 0.29) is 11.8 Å². The lowest BCUT2D eigenvalue weighted by Crippen LogP contribution is -2.19. The zero-order valence-corrected chi connectivity index (χ0v) is 11.1. The summed E-state index contributed by atoms with van der Waals surface area (Å²) in [5.74, 6) is 0. The lowest BCUT2D eigenvalue weighted by molar-refractivity contribution is -0.385. The molecule has 0 saturated heterocycles. The number of nitro groups is 1. The van der Waals surface area contributed by atoms with Crippen LogP contribution in [0.4, 0.5) is 5.69 Å². The first-order chi connectivity index (χ1) is 8.00. The highest BCUT2D eigenvalue weighted by Crippen LogP contribution is 2.23. The van der Waals surface area contributed by atoms with Crippen molar-refractivity contribution >= 4 is 21.6 Å². The second-order valence-corrected chi connectivity index (χ2v) is 4.76. The van der Waals surface area contributed by atoms with Gasteiger partial charge in [0.1, 0.15) is 0 Å². The topological polar surface area (TPSA) is 75.4 Å². The van der Waals surface area contributed by atoms with Gasteiger partial charge in [0.2, 0.25) is 0 Å². The highest BCUT2D eigenvalue weighted by atomic mass is 79.9. The summed E-state index contributed by atoms with van der Waals surface area (Å²) in [6.45, 7) is 2.77. The van der Waals surface area contributed by atoms with Crippen LogP contribution in [-0.4, -0.2) is 22.7 Å². The van der Waals surface area contributed by atoms with E-state index >= 15 is 0 Å². The fraction of sp³-hybridized carbons (Fsp3) is 0.455. The van der Waals surface area contributed by atoms with Gasteiger partial charge in [0.15, 0.2) is 0 Å². The minimum atomic E-state index is -0.392. The van der Waals surface area contributed by atoms with Gasteiger partial charge in [-0.25, -0.2) is 0 Å². The first-order valence-corrected chi connectivity index (χ1v) is 6.11. The van der Waals surface area contributed by atoms with Crippen LogP contribution in [0.25, 0.3) is 0 Å². The average molecular weight is 303 g/mol. The Hall–Kier alpha value is -0.980. The molecule has 0 aromatic heterocycles. The van der Waals surface area contributed by atoms with Gasteiger partial charge in [-0.15, -0.1) is 0 Å². The lowest BCUT2D eigenvalue weighted by atomic mass is 10.2. The molecule has 94 valence electrons. The number of hydrogen-bond acceptors (Lipinski definition) is 4. The molecule has 0 fully saturated rings. The molecular weight excluding hydrogens is 288 g/mol. The van der Waals surface area contributed by atoms with Crippen molar-refractivity contribution in [3.05, 3.63) is 38.3 Å². The molecule has 6 heteroatoms. The van der Waals surface area contributed by atoms with E-state index in [2.05, 4.69) is 21.2 Å². The van der Waals surface area contributed by atoms with Gasteiger partial charge in [0, 0.05) is 22.6 Å².